The smallest absolute Gasteiger partial charge is 0.134 e. The molecule has 0 amide bonds. The number of aryl methyl sites for hydroxylation is 1. The van der Waals surface area contributed by atoms with Crippen molar-refractivity contribution in [3.05, 3.63) is 11.9 Å². The SMILES string of the molecule is CCc1nc(NC)cc(N2CCC3C(CCCN3C)C2)n1. The van der Waals surface area contributed by atoms with Crippen LogP contribution in [0.2, 0.25) is 0 Å². The second-order valence-corrected chi connectivity index (χ2v) is 6.32. The van der Waals surface area contributed by atoms with Crippen LogP contribution in [0.5, 0.6) is 0 Å². The number of nitrogens with one attached hydrogen (secondary N) is 1. The van der Waals surface area contributed by atoms with Gasteiger partial charge < -0.3 is 15.1 Å². The Balaban J connectivity index is 1.78. The number of rotatable bonds is 3. The average Bonchev–Trinajstić information content (AvgIpc) is 2.54. The highest BCUT2D eigenvalue weighted by Gasteiger charge is 2.34. The van der Waals surface area contributed by atoms with E-state index in [1.807, 2.05) is 7.05 Å². The Bertz CT molecular complexity index is 467. The van der Waals surface area contributed by atoms with Gasteiger partial charge in [-0.25, -0.2) is 9.97 Å². The van der Waals surface area contributed by atoms with Crippen LogP contribution >= 0.6 is 0 Å². The predicted molar refractivity (Wildman–Crippen MR) is 86.9 cm³/mol. The van der Waals surface area contributed by atoms with Crippen LogP contribution in [0.4, 0.5) is 11.6 Å². The molecule has 1 aromatic heterocycles. The van der Waals surface area contributed by atoms with Crippen LogP contribution in [0.1, 0.15) is 32.0 Å². The Morgan fingerprint density at radius 1 is 1.29 bits per heavy atom. The van der Waals surface area contributed by atoms with E-state index in [0.29, 0.717) is 0 Å². The molecule has 1 N–H and O–H groups in total. The Hall–Kier alpha value is -1.36. The van der Waals surface area contributed by atoms with E-state index < -0.39 is 0 Å². The molecule has 2 aliphatic rings. The molecule has 2 saturated heterocycles. The molecule has 21 heavy (non-hydrogen) atoms. The number of hydrogen-bond donors (Lipinski definition) is 1. The molecular formula is C16H27N5. The van der Waals surface area contributed by atoms with Crippen molar-refractivity contribution in [2.24, 2.45) is 5.92 Å². The molecule has 0 radical (unpaired) electrons. The standard InChI is InChI=1S/C16H27N5/c1-4-14-18-15(17-2)10-16(19-14)21-9-7-13-12(11-21)6-5-8-20(13)3/h10,12-13H,4-9,11H2,1-3H3,(H,17,18,19). The number of aromatic nitrogens is 2. The summed E-state index contributed by atoms with van der Waals surface area (Å²) in [7, 11) is 4.21. The zero-order chi connectivity index (χ0) is 14.8. The molecule has 3 heterocycles. The van der Waals surface area contributed by atoms with Gasteiger partial charge in [0.05, 0.1) is 0 Å². The summed E-state index contributed by atoms with van der Waals surface area (Å²) >= 11 is 0. The molecule has 2 unspecified atom stereocenters. The normalized spacial score (nSPS) is 26.5. The van der Waals surface area contributed by atoms with Crippen LogP contribution in [0, 0.1) is 5.92 Å². The third-order valence-corrected chi connectivity index (χ3v) is 5.00. The van der Waals surface area contributed by atoms with Crippen molar-refractivity contribution in [1.29, 1.82) is 0 Å². The Kier molecular flexibility index (Phi) is 4.29. The number of anilines is 2. The van der Waals surface area contributed by atoms with E-state index in [1.165, 1.54) is 25.8 Å². The number of piperidine rings is 2. The van der Waals surface area contributed by atoms with Crippen LogP contribution in [-0.2, 0) is 6.42 Å². The Labute approximate surface area is 127 Å². The van der Waals surface area contributed by atoms with Crippen molar-refractivity contribution in [1.82, 2.24) is 14.9 Å². The first-order valence-electron chi connectivity index (χ1n) is 8.22. The maximum absolute atomic E-state index is 4.74. The first-order valence-corrected chi connectivity index (χ1v) is 8.22. The summed E-state index contributed by atoms with van der Waals surface area (Å²) < 4.78 is 0. The first kappa shape index (κ1) is 14.6. The molecule has 3 rings (SSSR count). The Morgan fingerprint density at radius 3 is 2.90 bits per heavy atom. The molecule has 116 valence electrons. The summed E-state index contributed by atoms with van der Waals surface area (Å²) in [5.41, 5.74) is 0. The largest absolute Gasteiger partial charge is 0.373 e. The van der Waals surface area contributed by atoms with E-state index in [-0.39, 0.29) is 0 Å². The summed E-state index contributed by atoms with van der Waals surface area (Å²) in [5.74, 6) is 3.74. The lowest BCUT2D eigenvalue weighted by Crippen LogP contribution is -2.53. The fourth-order valence-corrected chi connectivity index (χ4v) is 3.79. The molecule has 0 spiro atoms. The number of likely N-dealkylation sites (tertiary alicyclic amines) is 1. The lowest BCUT2D eigenvalue weighted by atomic mass is 9.84. The van der Waals surface area contributed by atoms with Gasteiger partial charge >= 0.3 is 0 Å². The van der Waals surface area contributed by atoms with Crippen LogP contribution in [0.15, 0.2) is 6.07 Å². The van der Waals surface area contributed by atoms with Crippen molar-refractivity contribution in [3.8, 4) is 0 Å². The molecule has 2 atom stereocenters. The molecule has 2 fully saturated rings. The van der Waals surface area contributed by atoms with Gasteiger partial charge in [0.2, 0.25) is 0 Å². The van der Waals surface area contributed by atoms with Gasteiger partial charge in [-0.05, 0) is 38.8 Å². The molecular weight excluding hydrogens is 262 g/mol. The van der Waals surface area contributed by atoms with Gasteiger partial charge in [-0.3, -0.25) is 0 Å². The van der Waals surface area contributed by atoms with Crippen molar-refractivity contribution in [2.75, 3.05) is 43.9 Å². The first-order chi connectivity index (χ1) is 10.2. The van der Waals surface area contributed by atoms with Crippen LogP contribution < -0.4 is 10.2 Å². The minimum atomic E-state index is 0.770. The summed E-state index contributed by atoms with van der Waals surface area (Å²) in [5, 5.41) is 3.16. The third-order valence-electron chi connectivity index (χ3n) is 5.00. The summed E-state index contributed by atoms with van der Waals surface area (Å²) in [6.45, 7) is 5.62. The lowest BCUT2D eigenvalue weighted by Gasteiger charge is -2.46. The van der Waals surface area contributed by atoms with Crippen LogP contribution in [-0.4, -0.2) is 54.6 Å². The fraction of sp³-hybridized carbons (Fsp3) is 0.750. The van der Waals surface area contributed by atoms with Crippen LogP contribution in [0.25, 0.3) is 0 Å². The highest BCUT2D eigenvalue weighted by molar-refractivity contribution is 5.49. The van der Waals surface area contributed by atoms with E-state index in [9.17, 15) is 0 Å². The monoisotopic (exact) mass is 289 g/mol. The molecule has 1 aromatic rings. The zero-order valence-corrected chi connectivity index (χ0v) is 13.5. The number of hydrogen-bond acceptors (Lipinski definition) is 5. The van der Waals surface area contributed by atoms with Gasteiger partial charge in [-0.2, -0.15) is 0 Å². The molecule has 0 aliphatic carbocycles. The van der Waals surface area contributed by atoms with Gasteiger partial charge in [0.15, 0.2) is 0 Å². The van der Waals surface area contributed by atoms with Gasteiger partial charge in [-0.1, -0.05) is 6.92 Å². The second-order valence-electron chi connectivity index (χ2n) is 6.32. The van der Waals surface area contributed by atoms with E-state index in [4.69, 9.17) is 4.98 Å². The van der Waals surface area contributed by atoms with Crippen molar-refractivity contribution in [3.63, 3.8) is 0 Å². The fourth-order valence-electron chi connectivity index (χ4n) is 3.79. The molecule has 0 saturated carbocycles. The Morgan fingerprint density at radius 2 is 2.14 bits per heavy atom. The van der Waals surface area contributed by atoms with Crippen molar-refractivity contribution >= 4 is 11.6 Å². The highest BCUT2D eigenvalue weighted by Crippen LogP contribution is 2.31. The zero-order valence-electron chi connectivity index (χ0n) is 13.5. The molecule has 2 aliphatic heterocycles. The molecule has 0 aromatic carbocycles. The summed E-state index contributed by atoms with van der Waals surface area (Å²) in [6, 6.07) is 2.86. The maximum atomic E-state index is 4.74. The molecule has 5 heteroatoms. The molecule has 0 bridgehead atoms. The highest BCUT2D eigenvalue weighted by atomic mass is 15.2. The number of nitrogens with zero attached hydrogens (tertiary/aromatic N) is 4. The maximum Gasteiger partial charge on any atom is 0.134 e. The number of fused-ring (bicyclic) bond motifs is 1. The average molecular weight is 289 g/mol. The minimum Gasteiger partial charge on any atom is -0.373 e. The van der Waals surface area contributed by atoms with Gasteiger partial charge in [0.25, 0.3) is 0 Å². The summed E-state index contributed by atoms with van der Waals surface area (Å²) in [4.78, 5) is 14.3. The topological polar surface area (TPSA) is 44.3 Å². The van der Waals surface area contributed by atoms with Gasteiger partial charge in [0, 0.05) is 38.7 Å². The second kappa shape index (κ2) is 6.18. The van der Waals surface area contributed by atoms with Crippen molar-refractivity contribution < 1.29 is 0 Å². The van der Waals surface area contributed by atoms with Gasteiger partial charge in [-0.15, -0.1) is 0 Å². The van der Waals surface area contributed by atoms with E-state index >= 15 is 0 Å². The molecule has 5 nitrogen and oxygen atoms in total. The third kappa shape index (κ3) is 2.98. The van der Waals surface area contributed by atoms with E-state index in [1.54, 1.807) is 0 Å². The van der Waals surface area contributed by atoms with Crippen LogP contribution in [0.3, 0.4) is 0 Å². The minimum absolute atomic E-state index is 0.770. The summed E-state index contributed by atoms with van der Waals surface area (Å²) in [6.07, 6.45) is 4.82. The van der Waals surface area contributed by atoms with E-state index in [0.717, 1.165) is 48.9 Å². The quantitative estimate of drug-likeness (QED) is 0.922. The lowest BCUT2D eigenvalue weighted by molar-refractivity contribution is 0.102. The predicted octanol–water partition coefficient (Wildman–Crippen LogP) is 2.00. The van der Waals surface area contributed by atoms with Gasteiger partial charge in [0.1, 0.15) is 17.5 Å². The van der Waals surface area contributed by atoms with Crippen molar-refractivity contribution in [2.45, 2.75) is 38.6 Å². The van der Waals surface area contributed by atoms with E-state index in [2.05, 4.69) is 40.1 Å².